The van der Waals surface area contributed by atoms with Gasteiger partial charge in [0.1, 0.15) is 5.82 Å². The predicted molar refractivity (Wildman–Crippen MR) is 52.5 cm³/mol. The molecule has 0 amide bonds. The molecule has 1 rings (SSSR count). The fourth-order valence-electron chi connectivity index (χ4n) is 1.10. The third kappa shape index (κ3) is 2.71. The molecule has 0 unspecified atom stereocenters. The van der Waals surface area contributed by atoms with Gasteiger partial charge in [-0.25, -0.2) is 4.98 Å². The molecular formula is C10H12N2O. The van der Waals surface area contributed by atoms with Gasteiger partial charge in [-0.05, 0) is 31.5 Å². The molecule has 0 saturated heterocycles. The Hall–Kier alpha value is -1.64. The van der Waals surface area contributed by atoms with E-state index in [1.54, 1.807) is 0 Å². The molecule has 0 bridgehead atoms. The minimum Gasteiger partial charge on any atom is -0.338 e. The molecule has 3 heteroatoms. The fourth-order valence-corrected chi connectivity index (χ4v) is 1.10. The van der Waals surface area contributed by atoms with E-state index in [9.17, 15) is 4.79 Å². The number of nitrogens with zero attached hydrogens (tertiary/aromatic N) is 1. The maximum absolute atomic E-state index is 10.3. The van der Waals surface area contributed by atoms with Crippen molar-refractivity contribution >= 4 is 12.1 Å². The summed E-state index contributed by atoms with van der Waals surface area (Å²) in [5.74, 6) is 0.662. The van der Waals surface area contributed by atoms with Crippen molar-refractivity contribution in [1.82, 2.24) is 4.98 Å². The third-order valence-electron chi connectivity index (χ3n) is 1.53. The summed E-state index contributed by atoms with van der Waals surface area (Å²) < 4.78 is 0. The third-order valence-corrected chi connectivity index (χ3v) is 1.53. The number of aryl methyl sites for hydroxylation is 2. The first kappa shape index (κ1) is 9.45. The Kier molecular flexibility index (Phi) is 2.80. The van der Waals surface area contributed by atoms with Crippen LogP contribution >= 0.6 is 0 Å². The van der Waals surface area contributed by atoms with E-state index < -0.39 is 0 Å². The van der Waals surface area contributed by atoms with Crippen molar-refractivity contribution in [2.24, 2.45) is 0 Å². The van der Waals surface area contributed by atoms with Gasteiger partial charge in [0.25, 0.3) is 0 Å². The first-order valence-electron chi connectivity index (χ1n) is 3.98. The number of aldehydes is 1. The SMILES string of the molecule is C=C(C=O)Nc1cc(C)cc(C)n1. The molecule has 0 aliphatic heterocycles. The van der Waals surface area contributed by atoms with E-state index in [1.165, 1.54) is 0 Å². The minimum absolute atomic E-state index is 0.317. The van der Waals surface area contributed by atoms with E-state index >= 15 is 0 Å². The number of pyridine rings is 1. The Morgan fingerprint density at radius 3 is 2.77 bits per heavy atom. The normalized spacial score (nSPS) is 9.38. The second kappa shape index (κ2) is 3.85. The molecular weight excluding hydrogens is 164 g/mol. The van der Waals surface area contributed by atoms with Crippen LogP contribution in [0.25, 0.3) is 0 Å². The van der Waals surface area contributed by atoms with Crippen LogP contribution in [0.3, 0.4) is 0 Å². The van der Waals surface area contributed by atoms with Crippen LogP contribution < -0.4 is 5.32 Å². The topological polar surface area (TPSA) is 42.0 Å². The van der Waals surface area contributed by atoms with Gasteiger partial charge in [0.15, 0.2) is 6.29 Å². The molecule has 0 saturated carbocycles. The number of rotatable bonds is 3. The number of carbonyl (C=O) groups excluding carboxylic acids is 1. The van der Waals surface area contributed by atoms with Gasteiger partial charge in [0.05, 0.1) is 5.70 Å². The molecule has 0 radical (unpaired) electrons. The van der Waals surface area contributed by atoms with Gasteiger partial charge in [0, 0.05) is 5.69 Å². The van der Waals surface area contributed by atoms with E-state index in [-0.39, 0.29) is 0 Å². The van der Waals surface area contributed by atoms with E-state index in [0.717, 1.165) is 11.3 Å². The van der Waals surface area contributed by atoms with Crippen molar-refractivity contribution in [2.45, 2.75) is 13.8 Å². The van der Waals surface area contributed by atoms with Crippen LogP contribution in [0.5, 0.6) is 0 Å². The van der Waals surface area contributed by atoms with E-state index in [2.05, 4.69) is 16.9 Å². The van der Waals surface area contributed by atoms with Gasteiger partial charge in [-0.15, -0.1) is 0 Å². The lowest BCUT2D eigenvalue weighted by Gasteiger charge is -2.05. The van der Waals surface area contributed by atoms with Gasteiger partial charge < -0.3 is 5.32 Å². The summed E-state index contributed by atoms with van der Waals surface area (Å²) in [7, 11) is 0. The van der Waals surface area contributed by atoms with Crippen LogP contribution in [0.1, 0.15) is 11.3 Å². The summed E-state index contributed by atoms with van der Waals surface area (Å²) in [6, 6.07) is 3.83. The number of nitrogens with one attached hydrogen (secondary N) is 1. The lowest BCUT2D eigenvalue weighted by atomic mass is 10.2. The highest BCUT2D eigenvalue weighted by Gasteiger charge is 1.97. The second-order valence-corrected chi connectivity index (χ2v) is 2.94. The monoisotopic (exact) mass is 176 g/mol. The highest BCUT2D eigenvalue weighted by Crippen LogP contribution is 2.09. The molecule has 1 heterocycles. The lowest BCUT2D eigenvalue weighted by molar-refractivity contribution is -0.104. The summed E-state index contributed by atoms with van der Waals surface area (Å²) in [6.45, 7) is 7.39. The average Bonchev–Trinajstić information content (AvgIpc) is 2.02. The Morgan fingerprint density at radius 2 is 2.23 bits per heavy atom. The van der Waals surface area contributed by atoms with Gasteiger partial charge in [-0.3, -0.25) is 4.79 Å². The van der Waals surface area contributed by atoms with Crippen LogP contribution in [0.4, 0.5) is 5.82 Å². The van der Waals surface area contributed by atoms with Gasteiger partial charge in [-0.2, -0.15) is 0 Å². The van der Waals surface area contributed by atoms with Crippen molar-refractivity contribution in [3.63, 3.8) is 0 Å². The molecule has 13 heavy (non-hydrogen) atoms. The summed E-state index contributed by atoms with van der Waals surface area (Å²) >= 11 is 0. The van der Waals surface area contributed by atoms with Crippen LogP contribution in [0.2, 0.25) is 0 Å². The van der Waals surface area contributed by atoms with Crippen LogP contribution in [-0.4, -0.2) is 11.3 Å². The second-order valence-electron chi connectivity index (χ2n) is 2.94. The minimum atomic E-state index is 0.317. The van der Waals surface area contributed by atoms with Crippen molar-refractivity contribution in [2.75, 3.05) is 5.32 Å². The zero-order valence-corrected chi connectivity index (χ0v) is 7.79. The number of anilines is 1. The largest absolute Gasteiger partial charge is 0.338 e. The molecule has 68 valence electrons. The van der Waals surface area contributed by atoms with Crippen molar-refractivity contribution < 1.29 is 4.79 Å². The smallest absolute Gasteiger partial charge is 0.165 e. The molecule has 0 aliphatic rings. The van der Waals surface area contributed by atoms with E-state index in [4.69, 9.17) is 0 Å². The maximum atomic E-state index is 10.3. The first-order valence-corrected chi connectivity index (χ1v) is 3.98. The molecule has 0 spiro atoms. The zero-order chi connectivity index (χ0) is 9.84. The van der Waals surface area contributed by atoms with Crippen molar-refractivity contribution in [1.29, 1.82) is 0 Å². The van der Waals surface area contributed by atoms with Gasteiger partial charge in [-0.1, -0.05) is 6.58 Å². The Bertz CT molecular complexity index is 325. The highest BCUT2D eigenvalue weighted by molar-refractivity contribution is 5.77. The summed E-state index contributed by atoms with van der Waals surface area (Å²) in [6.07, 6.45) is 0.666. The summed E-state index contributed by atoms with van der Waals surface area (Å²) in [5, 5.41) is 2.80. The van der Waals surface area contributed by atoms with Gasteiger partial charge >= 0.3 is 0 Å². The van der Waals surface area contributed by atoms with Gasteiger partial charge in [0.2, 0.25) is 0 Å². The predicted octanol–water partition coefficient (Wildman–Crippen LogP) is 1.82. The van der Waals surface area contributed by atoms with E-state index in [0.29, 0.717) is 17.8 Å². The number of hydrogen-bond acceptors (Lipinski definition) is 3. The number of carbonyl (C=O) groups is 1. The lowest BCUT2D eigenvalue weighted by Crippen LogP contribution is -2.01. The van der Waals surface area contributed by atoms with Crippen molar-refractivity contribution in [3.05, 3.63) is 35.7 Å². The quantitative estimate of drug-likeness (QED) is 0.564. The standard InChI is InChI=1S/C10H12N2O/c1-7-4-8(2)11-10(5-7)12-9(3)6-13/h4-6H,3H2,1-2H3,(H,11,12). The summed E-state index contributed by atoms with van der Waals surface area (Å²) in [5.41, 5.74) is 2.34. The number of allylic oxidation sites excluding steroid dienone is 1. The first-order chi connectivity index (χ1) is 6.11. The molecule has 0 aromatic carbocycles. The molecule has 1 aromatic heterocycles. The Balaban J connectivity index is 2.89. The zero-order valence-electron chi connectivity index (χ0n) is 7.79. The Morgan fingerprint density at radius 1 is 1.54 bits per heavy atom. The molecule has 3 nitrogen and oxygen atoms in total. The maximum Gasteiger partial charge on any atom is 0.165 e. The average molecular weight is 176 g/mol. The van der Waals surface area contributed by atoms with Crippen LogP contribution in [0.15, 0.2) is 24.4 Å². The molecule has 0 fully saturated rings. The molecule has 0 atom stereocenters. The molecule has 1 N–H and O–H groups in total. The van der Waals surface area contributed by atoms with Crippen LogP contribution in [0, 0.1) is 13.8 Å². The van der Waals surface area contributed by atoms with Crippen molar-refractivity contribution in [3.8, 4) is 0 Å². The Labute approximate surface area is 77.5 Å². The number of hydrogen-bond donors (Lipinski definition) is 1. The highest BCUT2D eigenvalue weighted by atomic mass is 16.1. The fraction of sp³-hybridized carbons (Fsp3) is 0.200. The molecule has 0 aliphatic carbocycles. The van der Waals surface area contributed by atoms with Crippen LogP contribution in [-0.2, 0) is 4.79 Å². The van der Waals surface area contributed by atoms with E-state index in [1.807, 2.05) is 26.0 Å². The molecule has 1 aromatic rings. The summed E-state index contributed by atoms with van der Waals surface area (Å²) in [4.78, 5) is 14.5. The number of aromatic nitrogens is 1.